The predicted molar refractivity (Wildman–Crippen MR) is 82.3 cm³/mol. The van der Waals surface area contributed by atoms with E-state index in [0.29, 0.717) is 13.1 Å². The Morgan fingerprint density at radius 1 is 1.25 bits per heavy atom. The summed E-state index contributed by atoms with van der Waals surface area (Å²) in [6.07, 6.45) is 3.57. The lowest BCUT2D eigenvalue weighted by Gasteiger charge is -2.29. The van der Waals surface area contributed by atoms with Crippen molar-refractivity contribution in [2.24, 2.45) is 5.41 Å². The van der Waals surface area contributed by atoms with Crippen molar-refractivity contribution >= 4 is 17.2 Å². The van der Waals surface area contributed by atoms with Crippen molar-refractivity contribution in [2.75, 3.05) is 0 Å². The summed E-state index contributed by atoms with van der Waals surface area (Å²) in [7, 11) is 0. The molecule has 0 aliphatic heterocycles. The fraction of sp³-hybridized carbons (Fsp3) is 0.375. The number of carbonyl (C=O) groups excluding carboxylic acids is 1. The van der Waals surface area contributed by atoms with E-state index >= 15 is 0 Å². The maximum Gasteiger partial charge on any atom is 0.228 e. The fourth-order valence-corrected chi connectivity index (χ4v) is 2.70. The van der Waals surface area contributed by atoms with E-state index in [0.717, 1.165) is 5.56 Å². The van der Waals surface area contributed by atoms with Crippen LogP contribution in [-0.4, -0.2) is 15.8 Å². The number of thiophene rings is 1. The van der Waals surface area contributed by atoms with E-state index in [4.69, 9.17) is 0 Å². The third-order valence-electron chi connectivity index (χ3n) is 2.95. The number of aromatic nitrogens is 1. The molecule has 0 spiro atoms. The van der Waals surface area contributed by atoms with Gasteiger partial charge in [-0.05, 0) is 23.1 Å². The van der Waals surface area contributed by atoms with Gasteiger partial charge in [-0.25, -0.2) is 0 Å². The van der Waals surface area contributed by atoms with Crippen molar-refractivity contribution in [2.45, 2.75) is 33.9 Å². The molecule has 0 bridgehead atoms. The molecule has 4 heteroatoms. The highest BCUT2D eigenvalue weighted by molar-refractivity contribution is 7.09. The number of carbonyl (C=O) groups is 1. The minimum absolute atomic E-state index is 0.162. The highest BCUT2D eigenvalue weighted by Crippen LogP contribution is 2.22. The van der Waals surface area contributed by atoms with Gasteiger partial charge in [0.2, 0.25) is 5.91 Å². The second-order valence-corrected chi connectivity index (χ2v) is 6.88. The number of nitrogens with zero attached hydrogens (tertiary/aromatic N) is 2. The SMILES string of the molecule is CC(C)(C)C(=O)N(Cc1cccnc1)Cc1cccs1. The smallest absolute Gasteiger partial charge is 0.228 e. The van der Waals surface area contributed by atoms with E-state index in [-0.39, 0.29) is 11.3 Å². The Morgan fingerprint density at radius 2 is 2.05 bits per heavy atom. The van der Waals surface area contributed by atoms with Crippen molar-refractivity contribution in [1.29, 1.82) is 0 Å². The second kappa shape index (κ2) is 6.18. The minimum Gasteiger partial charge on any atom is -0.333 e. The molecule has 0 aliphatic carbocycles. The van der Waals surface area contributed by atoms with Crippen molar-refractivity contribution < 1.29 is 4.79 Å². The van der Waals surface area contributed by atoms with Gasteiger partial charge >= 0.3 is 0 Å². The molecular formula is C16H20N2OS. The third kappa shape index (κ3) is 3.90. The molecule has 1 amide bonds. The van der Waals surface area contributed by atoms with Crippen LogP contribution in [0.1, 0.15) is 31.2 Å². The van der Waals surface area contributed by atoms with Crippen LogP contribution in [-0.2, 0) is 17.9 Å². The third-order valence-corrected chi connectivity index (χ3v) is 3.81. The summed E-state index contributed by atoms with van der Waals surface area (Å²) in [5, 5.41) is 2.04. The number of hydrogen-bond acceptors (Lipinski definition) is 3. The van der Waals surface area contributed by atoms with Crippen molar-refractivity contribution in [3.05, 3.63) is 52.5 Å². The Morgan fingerprint density at radius 3 is 2.60 bits per heavy atom. The lowest BCUT2D eigenvalue weighted by Crippen LogP contribution is -2.38. The monoisotopic (exact) mass is 288 g/mol. The maximum absolute atomic E-state index is 12.6. The van der Waals surface area contributed by atoms with Crippen molar-refractivity contribution in [3.8, 4) is 0 Å². The summed E-state index contributed by atoms with van der Waals surface area (Å²) in [6, 6.07) is 7.99. The van der Waals surface area contributed by atoms with Gasteiger partial charge in [0.25, 0.3) is 0 Å². The van der Waals surface area contributed by atoms with Crippen LogP contribution in [0.3, 0.4) is 0 Å². The number of amides is 1. The van der Waals surface area contributed by atoms with Gasteiger partial charge in [0, 0.05) is 29.2 Å². The molecule has 0 fully saturated rings. The van der Waals surface area contributed by atoms with Gasteiger partial charge in [0.05, 0.1) is 6.54 Å². The van der Waals surface area contributed by atoms with Gasteiger partial charge in [-0.15, -0.1) is 11.3 Å². The molecule has 0 unspecified atom stereocenters. The van der Waals surface area contributed by atoms with Crippen molar-refractivity contribution in [1.82, 2.24) is 9.88 Å². The fourth-order valence-electron chi connectivity index (χ4n) is 1.98. The topological polar surface area (TPSA) is 33.2 Å². The van der Waals surface area contributed by atoms with E-state index in [1.165, 1.54) is 4.88 Å². The van der Waals surface area contributed by atoms with Gasteiger partial charge in [-0.3, -0.25) is 9.78 Å². The van der Waals surface area contributed by atoms with Crippen LogP contribution in [0, 0.1) is 5.41 Å². The van der Waals surface area contributed by atoms with Gasteiger partial charge < -0.3 is 4.90 Å². The Hall–Kier alpha value is -1.68. The lowest BCUT2D eigenvalue weighted by molar-refractivity contribution is -0.140. The molecular weight excluding hydrogens is 268 g/mol. The van der Waals surface area contributed by atoms with Crippen LogP contribution in [0.4, 0.5) is 0 Å². The summed E-state index contributed by atoms with van der Waals surface area (Å²) in [5.41, 5.74) is 0.682. The lowest BCUT2D eigenvalue weighted by atomic mass is 9.94. The Bertz CT molecular complexity index is 544. The average molecular weight is 288 g/mol. The average Bonchev–Trinajstić information content (AvgIpc) is 2.90. The molecule has 2 aromatic heterocycles. The Balaban J connectivity index is 2.18. The molecule has 0 N–H and O–H groups in total. The zero-order chi connectivity index (χ0) is 14.6. The summed E-state index contributed by atoms with van der Waals surface area (Å²) in [5.74, 6) is 0.162. The summed E-state index contributed by atoms with van der Waals surface area (Å²) >= 11 is 1.68. The van der Waals surface area contributed by atoms with Crippen LogP contribution in [0.5, 0.6) is 0 Å². The molecule has 0 aliphatic rings. The highest BCUT2D eigenvalue weighted by Gasteiger charge is 2.27. The molecule has 106 valence electrons. The molecule has 0 saturated carbocycles. The van der Waals surface area contributed by atoms with Gasteiger partial charge in [-0.2, -0.15) is 0 Å². The minimum atomic E-state index is -0.376. The molecule has 0 saturated heterocycles. The van der Waals surface area contributed by atoms with Crippen LogP contribution >= 0.6 is 11.3 Å². The van der Waals surface area contributed by atoms with E-state index in [9.17, 15) is 4.79 Å². The zero-order valence-corrected chi connectivity index (χ0v) is 13.0. The summed E-state index contributed by atoms with van der Waals surface area (Å²) in [4.78, 5) is 19.8. The van der Waals surface area contributed by atoms with Crippen LogP contribution < -0.4 is 0 Å². The first-order valence-electron chi connectivity index (χ1n) is 6.67. The predicted octanol–water partition coefficient (Wildman–Crippen LogP) is 3.72. The molecule has 2 heterocycles. The zero-order valence-electron chi connectivity index (χ0n) is 12.2. The van der Waals surface area contributed by atoms with Crippen LogP contribution in [0.25, 0.3) is 0 Å². The number of hydrogen-bond donors (Lipinski definition) is 0. The Kier molecular flexibility index (Phi) is 4.55. The largest absolute Gasteiger partial charge is 0.333 e. The highest BCUT2D eigenvalue weighted by atomic mass is 32.1. The van der Waals surface area contributed by atoms with Crippen molar-refractivity contribution in [3.63, 3.8) is 0 Å². The molecule has 0 atom stereocenters. The first kappa shape index (κ1) is 14.7. The molecule has 2 aromatic rings. The normalized spacial score (nSPS) is 11.3. The molecule has 0 aromatic carbocycles. The van der Waals surface area contributed by atoms with Crippen LogP contribution in [0.2, 0.25) is 0 Å². The van der Waals surface area contributed by atoms with E-state index in [1.807, 2.05) is 55.4 Å². The Labute approximate surface area is 124 Å². The number of rotatable bonds is 4. The van der Waals surface area contributed by atoms with Gasteiger partial charge in [-0.1, -0.05) is 32.9 Å². The summed E-state index contributed by atoms with van der Waals surface area (Å²) < 4.78 is 0. The van der Waals surface area contributed by atoms with E-state index in [1.54, 1.807) is 17.5 Å². The first-order valence-corrected chi connectivity index (χ1v) is 7.55. The quantitative estimate of drug-likeness (QED) is 0.859. The first-order chi connectivity index (χ1) is 9.47. The van der Waals surface area contributed by atoms with E-state index in [2.05, 4.69) is 11.1 Å². The number of pyridine rings is 1. The second-order valence-electron chi connectivity index (χ2n) is 5.85. The standard InChI is InChI=1S/C16H20N2OS/c1-16(2,3)15(19)18(12-14-7-5-9-20-14)11-13-6-4-8-17-10-13/h4-10H,11-12H2,1-3H3. The molecule has 0 radical (unpaired) electrons. The summed E-state index contributed by atoms with van der Waals surface area (Å²) in [6.45, 7) is 7.13. The van der Waals surface area contributed by atoms with Gasteiger partial charge in [0.1, 0.15) is 0 Å². The maximum atomic E-state index is 12.6. The molecule has 2 rings (SSSR count). The van der Waals surface area contributed by atoms with Crippen LogP contribution in [0.15, 0.2) is 42.0 Å². The van der Waals surface area contributed by atoms with Gasteiger partial charge in [0.15, 0.2) is 0 Å². The molecule has 3 nitrogen and oxygen atoms in total. The van der Waals surface area contributed by atoms with E-state index < -0.39 is 0 Å². The molecule has 20 heavy (non-hydrogen) atoms.